The highest BCUT2D eigenvalue weighted by Crippen LogP contribution is 2.49. The van der Waals surface area contributed by atoms with Gasteiger partial charge in [-0.1, -0.05) is 0 Å². The Morgan fingerprint density at radius 2 is 2.03 bits per heavy atom. The second-order valence-corrected chi connectivity index (χ2v) is 9.58. The normalized spacial score (nSPS) is 21.7. The molecular formula is C20H22FN5O3S. The van der Waals surface area contributed by atoms with Gasteiger partial charge in [-0.05, 0) is 37.3 Å². The van der Waals surface area contributed by atoms with E-state index < -0.39 is 21.9 Å². The first-order valence-electron chi connectivity index (χ1n) is 9.13. The maximum Gasteiger partial charge on any atom is 0.156 e. The van der Waals surface area contributed by atoms with E-state index in [2.05, 4.69) is 20.3 Å². The molecule has 8 nitrogen and oxygen atoms in total. The number of hydrogen-bond donors (Lipinski definition) is 4. The molecule has 3 aromatic rings. The molecule has 10 heteroatoms. The number of nitrogens with zero attached hydrogens (tertiary/aromatic N) is 3. The van der Waals surface area contributed by atoms with E-state index >= 15 is 0 Å². The van der Waals surface area contributed by atoms with E-state index in [0.29, 0.717) is 22.8 Å². The quantitative estimate of drug-likeness (QED) is 0.494. The fourth-order valence-electron chi connectivity index (χ4n) is 3.65. The molecule has 158 valence electrons. The molecule has 0 bridgehead atoms. The Kier molecular flexibility index (Phi) is 5.00. The zero-order valence-electron chi connectivity index (χ0n) is 16.5. The molecule has 0 radical (unpaired) electrons. The molecule has 0 saturated heterocycles. The average molecular weight is 431 g/mol. The molecule has 3 heterocycles. The first-order valence-corrected chi connectivity index (χ1v) is 11.0. The molecule has 0 aliphatic carbocycles. The van der Waals surface area contributed by atoms with E-state index in [1.807, 2.05) is 12.1 Å². The van der Waals surface area contributed by atoms with Gasteiger partial charge in [-0.3, -0.25) is 14.1 Å². The number of methoxy groups -OCH3 is 1. The highest BCUT2D eigenvalue weighted by atomic mass is 32.3. The van der Waals surface area contributed by atoms with Crippen LogP contribution in [0.1, 0.15) is 12.5 Å². The first kappa shape index (κ1) is 20.3. The van der Waals surface area contributed by atoms with Crippen molar-refractivity contribution in [2.45, 2.75) is 12.5 Å². The first-order chi connectivity index (χ1) is 14.2. The highest BCUT2D eigenvalue weighted by Gasteiger charge is 2.39. The summed E-state index contributed by atoms with van der Waals surface area (Å²) in [6.45, 7) is 1.64. The lowest BCUT2D eigenvalue weighted by molar-refractivity contribution is 0.414. The number of pyridine rings is 2. The van der Waals surface area contributed by atoms with Crippen LogP contribution < -0.4 is 15.8 Å². The number of hydrogen-bond acceptors (Lipinski definition) is 8. The van der Waals surface area contributed by atoms with E-state index in [9.17, 15) is 13.5 Å². The molecule has 2 aromatic heterocycles. The number of anilines is 2. The van der Waals surface area contributed by atoms with Crippen molar-refractivity contribution in [3.8, 4) is 5.75 Å². The Balaban J connectivity index is 1.73. The number of aromatic nitrogens is 2. The number of nitrogens with one attached hydrogen (secondary N) is 1. The summed E-state index contributed by atoms with van der Waals surface area (Å²) in [5.74, 6) is 0.504. The fraction of sp³-hybridized carbons (Fsp3) is 0.250. The number of halogens is 1. The van der Waals surface area contributed by atoms with Crippen molar-refractivity contribution in [1.29, 1.82) is 0 Å². The van der Waals surface area contributed by atoms with Gasteiger partial charge in [-0.25, -0.2) is 14.4 Å². The molecule has 1 aliphatic heterocycles. The smallest absolute Gasteiger partial charge is 0.156 e. The third-order valence-electron chi connectivity index (χ3n) is 4.90. The molecule has 0 spiro atoms. The minimum absolute atomic E-state index is 0.0929. The Hall–Kier alpha value is -2.95. The lowest BCUT2D eigenvalue weighted by Gasteiger charge is -2.43. The van der Waals surface area contributed by atoms with Gasteiger partial charge in [-0.2, -0.15) is 10.6 Å². The molecule has 5 N–H and O–H groups in total. The van der Waals surface area contributed by atoms with Crippen molar-refractivity contribution in [2.75, 3.05) is 23.9 Å². The van der Waals surface area contributed by atoms with Crippen LogP contribution in [-0.2, 0) is 5.54 Å². The van der Waals surface area contributed by atoms with E-state index in [0.717, 1.165) is 5.39 Å². The van der Waals surface area contributed by atoms with Gasteiger partial charge in [0.05, 0.1) is 24.8 Å². The molecule has 0 amide bonds. The van der Waals surface area contributed by atoms with E-state index in [4.69, 9.17) is 10.5 Å². The third-order valence-corrected chi connectivity index (χ3v) is 6.68. The van der Waals surface area contributed by atoms with Crippen molar-refractivity contribution in [1.82, 2.24) is 9.97 Å². The number of fused-ring (bicyclic) bond motifs is 1. The van der Waals surface area contributed by atoms with Crippen LogP contribution in [0.3, 0.4) is 0 Å². The maximum absolute atomic E-state index is 14.7. The summed E-state index contributed by atoms with van der Waals surface area (Å²) in [5, 5.41) is 3.99. The van der Waals surface area contributed by atoms with Crippen LogP contribution in [0.4, 0.5) is 15.9 Å². The van der Waals surface area contributed by atoms with Gasteiger partial charge in [0, 0.05) is 22.8 Å². The SMILES string of the molecule is COc1cnc2c(Nc3ccc(F)c([C@]4(C)CS(O)(O)CC(N)=N4)c3)nccc2c1. The van der Waals surface area contributed by atoms with Crippen LogP contribution in [0, 0.1) is 5.82 Å². The topological polar surface area (TPSA) is 126 Å². The predicted molar refractivity (Wildman–Crippen MR) is 117 cm³/mol. The number of aliphatic imine (C=N–C) groups is 1. The van der Waals surface area contributed by atoms with E-state index in [-0.39, 0.29) is 22.9 Å². The Morgan fingerprint density at radius 1 is 1.23 bits per heavy atom. The number of ether oxygens (including phenoxy) is 1. The van der Waals surface area contributed by atoms with Gasteiger partial charge in [0.2, 0.25) is 0 Å². The van der Waals surface area contributed by atoms with Crippen LogP contribution in [-0.4, -0.2) is 43.5 Å². The predicted octanol–water partition coefficient (Wildman–Crippen LogP) is 3.86. The molecule has 0 unspecified atom stereocenters. The number of rotatable bonds is 4. The van der Waals surface area contributed by atoms with Gasteiger partial charge in [0.15, 0.2) is 5.82 Å². The minimum atomic E-state index is -2.99. The Morgan fingerprint density at radius 3 is 2.77 bits per heavy atom. The second kappa shape index (κ2) is 7.38. The summed E-state index contributed by atoms with van der Waals surface area (Å²) in [6.07, 6.45) is 3.23. The van der Waals surface area contributed by atoms with E-state index in [1.165, 1.54) is 6.07 Å². The van der Waals surface area contributed by atoms with Crippen LogP contribution in [0.5, 0.6) is 5.75 Å². The molecule has 0 fully saturated rings. The maximum atomic E-state index is 14.7. The van der Waals surface area contributed by atoms with Gasteiger partial charge < -0.3 is 15.8 Å². The van der Waals surface area contributed by atoms with Crippen molar-refractivity contribution in [3.63, 3.8) is 0 Å². The molecule has 4 rings (SSSR count). The van der Waals surface area contributed by atoms with Crippen LogP contribution in [0.25, 0.3) is 10.9 Å². The highest BCUT2D eigenvalue weighted by molar-refractivity contribution is 8.24. The molecule has 0 saturated carbocycles. The Bertz CT molecular complexity index is 1160. The molecule has 1 atom stereocenters. The van der Waals surface area contributed by atoms with Gasteiger partial charge >= 0.3 is 0 Å². The van der Waals surface area contributed by atoms with Crippen molar-refractivity contribution >= 4 is 38.8 Å². The monoisotopic (exact) mass is 431 g/mol. The summed E-state index contributed by atoms with van der Waals surface area (Å²) in [5.41, 5.74) is 6.01. The van der Waals surface area contributed by atoms with Gasteiger partial charge in [0.1, 0.15) is 28.5 Å². The molecular weight excluding hydrogens is 409 g/mol. The zero-order valence-corrected chi connectivity index (χ0v) is 17.3. The largest absolute Gasteiger partial charge is 0.495 e. The summed E-state index contributed by atoms with van der Waals surface area (Å²) in [7, 11) is -1.42. The van der Waals surface area contributed by atoms with Gasteiger partial charge in [-0.15, -0.1) is 0 Å². The summed E-state index contributed by atoms with van der Waals surface area (Å²) >= 11 is 0. The fourth-order valence-corrected chi connectivity index (χ4v) is 5.41. The summed E-state index contributed by atoms with van der Waals surface area (Å²) in [4.78, 5) is 13.1. The lowest BCUT2D eigenvalue weighted by atomic mass is 9.93. The second-order valence-electron chi connectivity index (χ2n) is 7.39. The number of amidine groups is 1. The van der Waals surface area contributed by atoms with Crippen LogP contribution in [0.15, 0.2) is 47.7 Å². The average Bonchev–Trinajstić information content (AvgIpc) is 2.67. The molecule has 1 aromatic carbocycles. The number of nitrogens with two attached hydrogens (primary N) is 1. The number of benzene rings is 1. The van der Waals surface area contributed by atoms with Crippen LogP contribution in [0.2, 0.25) is 0 Å². The van der Waals surface area contributed by atoms with Gasteiger partial charge in [0.25, 0.3) is 0 Å². The van der Waals surface area contributed by atoms with E-state index in [1.54, 1.807) is 38.6 Å². The minimum Gasteiger partial charge on any atom is -0.495 e. The zero-order chi connectivity index (χ0) is 21.5. The van der Waals surface area contributed by atoms with Crippen molar-refractivity contribution in [3.05, 3.63) is 54.1 Å². The standard InChI is InChI=1S/C20H22FN5O3S/c1-20(11-30(27,28)10-17(22)26-20)15-8-13(3-4-16(15)21)25-19-18-12(5-6-23-19)7-14(29-2)9-24-18/h3-9,27-28H,10-11H2,1-2H3,(H2,22,26)(H,23,25)/t20-/m0/s1. The van der Waals surface area contributed by atoms with Crippen molar-refractivity contribution < 1.29 is 18.2 Å². The lowest BCUT2D eigenvalue weighted by Crippen LogP contribution is -2.40. The summed E-state index contributed by atoms with van der Waals surface area (Å²) in [6, 6.07) is 8.11. The third kappa shape index (κ3) is 3.89. The molecule has 30 heavy (non-hydrogen) atoms. The Labute approximate surface area is 174 Å². The van der Waals surface area contributed by atoms with Crippen molar-refractivity contribution in [2.24, 2.45) is 10.7 Å². The van der Waals surface area contributed by atoms with Crippen LogP contribution >= 0.6 is 10.6 Å². The molecule has 1 aliphatic rings. The summed E-state index contributed by atoms with van der Waals surface area (Å²) < 4.78 is 40.3.